The van der Waals surface area contributed by atoms with Gasteiger partial charge < -0.3 is 9.88 Å². The Hall–Kier alpha value is -2.97. The third-order valence-corrected chi connectivity index (χ3v) is 5.38. The lowest BCUT2D eigenvalue weighted by atomic mass is 10.2. The normalized spacial score (nSPS) is 17.0. The molecule has 0 saturated carbocycles. The Morgan fingerprint density at radius 3 is 2.57 bits per heavy atom. The molecule has 0 unspecified atom stereocenters. The quantitative estimate of drug-likeness (QED) is 0.497. The van der Waals surface area contributed by atoms with E-state index in [9.17, 15) is 18.0 Å². The standard InChI is InChI=1S/C21H13ClF3N3OS/c22-14-6-8-15(9-7-14)26-20-27-19(29)18(30-20)12-17-5-2-10-28(17)16-4-1-3-13(11-16)21(23,24)25/h1-12H,(H,26,27,29)/b18-12-. The van der Waals surface area contributed by atoms with E-state index in [1.807, 2.05) is 0 Å². The van der Waals surface area contributed by atoms with Crippen molar-refractivity contribution in [1.29, 1.82) is 0 Å². The number of carbonyl (C=O) groups excluding carboxylic acids is 1. The number of halogens is 4. The van der Waals surface area contributed by atoms with E-state index in [4.69, 9.17) is 11.6 Å². The van der Waals surface area contributed by atoms with E-state index in [1.54, 1.807) is 59.3 Å². The van der Waals surface area contributed by atoms with Crippen LogP contribution < -0.4 is 5.32 Å². The number of hydrogen-bond acceptors (Lipinski definition) is 3. The molecular weight excluding hydrogens is 435 g/mol. The summed E-state index contributed by atoms with van der Waals surface area (Å²) in [6.07, 6.45) is -1.18. The second-order valence-corrected chi connectivity index (χ2v) is 7.78. The fourth-order valence-electron chi connectivity index (χ4n) is 2.83. The first kappa shape index (κ1) is 20.3. The second-order valence-electron chi connectivity index (χ2n) is 6.31. The highest BCUT2D eigenvalue weighted by Crippen LogP contribution is 2.32. The molecule has 152 valence electrons. The molecule has 0 bridgehead atoms. The number of hydrogen-bond donors (Lipinski definition) is 1. The molecule has 0 spiro atoms. The Balaban J connectivity index is 1.62. The number of thioether (sulfide) groups is 1. The largest absolute Gasteiger partial charge is 0.416 e. The minimum absolute atomic E-state index is 0.329. The second kappa shape index (κ2) is 8.04. The van der Waals surface area contributed by atoms with Crippen LogP contribution in [0.4, 0.5) is 18.9 Å². The number of aliphatic imine (C=N–C) groups is 1. The molecule has 0 radical (unpaired) electrons. The summed E-state index contributed by atoms with van der Waals surface area (Å²) in [5.41, 5.74) is 0.813. The maximum atomic E-state index is 13.0. The number of amidine groups is 1. The van der Waals surface area contributed by atoms with Crippen LogP contribution in [0, 0.1) is 0 Å². The molecule has 0 atom stereocenters. The van der Waals surface area contributed by atoms with Crippen molar-refractivity contribution in [3.8, 4) is 5.69 Å². The summed E-state index contributed by atoms with van der Waals surface area (Å²) >= 11 is 7.01. The molecule has 1 aliphatic rings. The van der Waals surface area contributed by atoms with Gasteiger partial charge in [-0.3, -0.25) is 4.79 Å². The van der Waals surface area contributed by atoms with Crippen molar-refractivity contribution in [2.24, 2.45) is 4.99 Å². The van der Waals surface area contributed by atoms with Gasteiger partial charge in [0.05, 0.1) is 16.2 Å². The van der Waals surface area contributed by atoms with Gasteiger partial charge in [-0.25, -0.2) is 4.99 Å². The summed E-state index contributed by atoms with van der Waals surface area (Å²) in [4.78, 5) is 17.1. The minimum atomic E-state index is -4.43. The van der Waals surface area contributed by atoms with Crippen LogP contribution >= 0.6 is 23.4 Å². The lowest BCUT2D eigenvalue weighted by Gasteiger charge is -2.11. The van der Waals surface area contributed by atoms with E-state index >= 15 is 0 Å². The van der Waals surface area contributed by atoms with Crippen LogP contribution in [0.15, 0.2) is 76.8 Å². The summed E-state index contributed by atoms with van der Waals surface area (Å²) in [5, 5.41) is 3.67. The smallest absolute Gasteiger partial charge is 0.317 e. The zero-order valence-corrected chi connectivity index (χ0v) is 16.7. The summed E-state index contributed by atoms with van der Waals surface area (Å²) in [6.45, 7) is 0. The summed E-state index contributed by atoms with van der Waals surface area (Å²) in [6, 6.07) is 15.3. The number of carbonyl (C=O) groups is 1. The molecular formula is C21H13ClF3N3OS. The molecule has 1 aliphatic heterocycles. The Morgan fingerprint density at radius 2 is 1.83 bits per heavy atom. The van der Waals surface area contributed by atoms with Crippen molar-refractivity contribution in [2.45, 2.75) is 6.18 Å². The highest BCUT2D eigenvalue weighted by molar-refractivity contribution is 8.18. The topological polar surface area (TPSA) is 46.4 Å². The molecule has 2 heterocycles. The number of aromatic nitrogens is 1. The first-order valence-corrected chi connectivity index (χ1v) is 9.89. The van der Waals surface area contributed by atoms with Gasteiger partial charge in [0.25, 0.3) is 5.91 Å². The Bertz CT molecular complexity index is 1170. The van der Waals surface area contributed by atoms with Gasteiger partial charge >= 0.3 is 6.18 Å². The van der Waals surface area contributed by atoms with Crippen LogP contribution in [0.1, 0.15) is 11.3 Å². The van der Waals surface area contributed by atoms with Crippen LogP contribution in [0.5, 0.6) is 0 Å². The molecule has 1 fully saturated rings. The monoisotopic (exact) mass is 447 g/mol. The van der Waals surface area contributed by atoms with Crippen molar-refractivity contribution in [3.05, 3.63) is 88.0 Å². The number of alkyl halides is 3. The summed E-state index contributed by atoms with van der Waals surface area (Å²) in [7, 11) is 0. The molecule has 9 heteroatoms. The molecule has 4 nitrogen and oxygen atoms in total. The van der Waals surface area contributed by atoms with E-state index in [0.717, 1.165) is 23.9 Å². The first-order chi connectivity index (χ1) is 14.3. The molecule has 2 aromatic carbocycles. The van der Waals surface area contributed by atoms with Crippen molar-refractivity contribution < 1.29 is 18.0 Å². The fraction of sp³-hybridized carbons (Fsp3) is 0.0476. The molecule has 1 saturated heterocycles. The van der Waals surface area contributed by atoms with Crippen LogP contribution in [-0.4, -0.2) is 15.6 Å². The molecule has 0 aliphatic carbocycles. The van der Waals surface area contributed by atoms with Crippen LogP contribution in [0.2, 0.25) is 5.02 Å². The zero-order chi connectivity index (χ0) is 21.3. The lowest BCUT2D eigenvalue weighted by Crippen LogP contribution is -2.19. The predicted octanol–water partition coefficient (Wildman–Crippen LogP) is 6.04. The zero-order valence-electron chi connectivity index (χ0n) is 15.2. The minimum Gasteiger partial charge on any atom is -0.317 e. The van der Waals surface area contributed by atoms with E-state index in [2.05, 4.69) is 10.3 Å². The summed E-state index contributed by atoms with van der Waals surface area (Å²) < 4.78 is 40.7. The third kappa shape index (κ3) is 4.44. The van der Waals surface area contributed by atoms with Crippen molar-refractivity contribution >= 4 is 46.2 Å². The van der Waals surface area contributed by atoms with Gasteiger partial charge in [-0.05, 0) is 72.4 Å². The number of amides is 1. The van der Waals surface area contributed by atoms with Gasteiger partial charge in [0.2, 0.25) is 0 Å². The highest BCUT2D eigenvalue weighted by Gasteiger charge is 2.30. The first-order valence-electron chi connectivity index (χ1n) is 8.70. The van der Waals surface area contributed by atoms with E-state index in [-0.39, 0.29) is 5.91 Å². The average Bonchev–Trinajstić information content (AvgIpc) is 3.30. The van der Waals surface area contributed by atoms with Crippen LogP contribution in [0.25, 0.3) is 11.8 Å². The summed E-state index contributed by atoms with van der Waals surface area (Å²) in [5.74, 6) is -0.329. The fourth-order valence-corrected chi connectivity index (χ4v) is 3.78. The molecule has 3 aromatic rings. The number of benzene rings is 2. The molecule has 30 heavy (non-hydrogen) atoms. The van der Waals surface area contributed by atoms with Gasteiger partial charge in [0.15, 0.2) is 5.17 Å². The van der Waals surface area contributed by atoms with Crippen molar-refractivity contribution in [1.82, 2.24) is 9.88 Å². The van der Waals surface area contributed by atoms with E-state index < -0.39 is 11.7 Å². The van der Waals surface area contributed by atoms with Crippen molar-refractivity contribution in [2.75, 3.05) is 0 Å². The Morgan fingerprint density at radius 1 is 1.07 bits per heavy atom. The van der Waals surface area contributed by atoms with Gasteiger partial charge in [-0.2, -0.15) is 13.2 Å². The third-order valence-electron chi connectivity index (χ3n) is 4.22. The van der Waals surface area contributed by atoms with Crippen molar-refractivity contribution in [3.63, 3.8) is 0 Å². The van der Waals surface area contributed by atoms with E-state index in [1.165, 1.54) is 6.07 Å². The van der Waals surface area contributed by atoms with Crippen LogP contribution in [0.3, 0.4) is 0 Å². The van der Waals surface area contributed by atoms with Gasteiger partial charge in [-0.1, -0.05) is 17.7 Å². The molecule has 1 amide bonds. The number of nitrogens with zero attached hydrogens (tertiary/aromatic N) is 2. The molecule has 4 rings (SSSR count). The lowest BCUT2D eigenvalue weighted by molar-refractivity contribution is -0.137. The molecule has 1 N–H and O–H groups in total. The van der Waals surface area contributed by atoms with Gasteiger partial charge in [0, 0.05) is 22.6 Å². The number of rotatable bonds is 3. The SMILES string of the molecule is O=C1NC(=Nc2ccc(Cl)cc2)S/C1=C\c1cccn1-c1cccc(C(F)(F)F)c1. The average molecular weight is 448 g/mol. The van der Waals surface area contributed by atoms with E-state index in [0.29, 0.717) is 32.2 Å². The van der Waals surface area contributed by atoms with Crippen LogP contribution in [-0.2, 0) is 11.0 Å². The number of nitrogens with one attached hydrogen (secondary N) is 1. The molecule has 1 aromatic heterocycles. The van der Waals surface area contributed by atoms with Gasteiger partial charge in [-0.15, -0.1) is 0 Å². The maximum Gasteiger partial charge on any atom is 0.416 e. The Kier molecular flexibility index (Phi) is 5.44. The maximum absolute atomic E-state index is 13.0. The predicted molar refractivity (Wildman–Crippen MR) is 113 cm³/mol. The Labute approximate surface area is 179 Å². The highest BCUT2D eigenvalue weighted by atomic mass is 35.5. The van der Waals surface area contributed by atoms with Gasteiger partial charge in [0.1, 0.15) is 0 Å².